The Kier molecular flexibility index (Phi) is 5.98. The molecule has 2 aliphatic rings. The summed E-state index contributed by atoms with van der Waals surface area (Å²) in [5, 5.41) is 6.30. The van der Waals surface area contributed by atoms with Crippen molar-refractivity contribution in [1.29, 1.82) is 0 Å². The predicted molar refractivity (Wildman–Crippen MR) is 151 cm³/mol. The van der Waals surface area contributed by atoms with Crippen LogP contribution in [-0.2, 0) is 0 Å². The third-order valence-electron chi connectivity index (χ3n) is 7.33. The average Bonchev–Trinajstić information content (AvgIpc) is 3.72. The van der Waals surface area contributed by atoms with Crippen molar-refractivity contribution in [3.8, 4) is 0 Å². The van der Waals surface area contributed by atoms with Crippen molar-refractivity contribution in [2.24, 2.45) is 0 Å². The number of benzene rings is 1. The molecule has 7 rings (SSSR count). The van der Waals surface area contributed by atoms with Crippen LogP contribution < -0.4 is 9.80 Å². The standard InChI is InChI=1S/C26H25N7OS3/c34-26(33-12-10-32(11-13-33)23-18-3-1-2-4-21(18)37-30-23)20-15-36-25(29-20)17-5-8-31(9-6-17)24-22-19(7-14-35-22)27-16-28-24/h1-4,7,14-17H,5-6,8-13H2. The summed E-state index contributed by atoms with van der Waals surface area (Å²) >= 11 is 4.87. The van der Waals surface area contributed by atoms with Gasteiger partial charge in [0.1, 0.15) is 23.7 Å². The Balaban J connectivity index is 0.975. The Bertz CT molecular complexity index is 1560. The third-order valence-corrected chi connectivity index (χ3v) is 10.1. The topological polar surface area (TPSA) is 78.4 Å². The van der Waals surface area contributed by atoms with Crippen LogP contribution in [-0.4, -0.2) is 69.4 Å². The number of hydrogen-bond acceptors (Lipinski definition) is 10. The lowest BCUT2D eigenvalue weighted by Crippen LogP contribution is -2.49. The lowest BCUT2D eigenvalue weighted by atomic mass is 9.97. The molecule has 1 aromatic carbocycles. The SMILES string of the molecule is O=C(c1csc(C2CCN(c3ncnc4ccsc34)CC2)n1)N1CCN(c2nsc3ccccc23)CC1. The van der Waals surface area contributed by atoms with E-state index < -0.39 is 0 Å². The largest absolute Gasteiger partial charge is 0.355 e. The molecule has 6 heterocycles. The van der Waals surface area contributed by atoms with E-state index in [1.807, 2.05) is 22.4 Å². The molecule has 37 heavy (non-hydrogen) atoms. The maximum atomic E-state index is 13.3. The second-order valence-electron chi connectivity index (χ2n) is 9.45. The van der Waals surface area contributed by atoms with Gasteiger partial charge >= 0.3 is 0 Å². The molecule has 2 fully saturated rings. The quantitative estimate of drug-likeness (QED) is 0.310. The van der Waals surface area contributed by atoms with Crippen LogP contribution in [0.25, 0.3) is 20.3 Å². The van der Waals surface area contributed by atoms with Gasteiger partial charge in [-0.1, -0.05) is 12.1 Å². The molecular weight excluding hydrogens is 523 g/mol. The molecule has 2 aliphatic heterocycles. The summed E-state index contributed by atoms with van der Waals surface area (Å²) in [7, 11) is 0. The van der Waals surface area contributed by atoms with Crippen LogP contribution in [0, 0.1) is 0 Å². The van der Waals surface area contributed by atoms with Crippen molar-refractivity contribution in [3.05, 3.63) is 58.1 Å². The maximum Gasteiger partial charge on any atom is 0.273 e. The first-order chi connectivity index (χ1) is 18.2. The van der Waals surface area contributed by atoms with E-state index in [9.17, 15) is 4.79 Å². The molecule has 0 spiro atoms. The van der Waals surface area contributed by atoms with Crippen molar-refractivity contribution in [2.75, 3.05) is 49.1 Å². The van der Waals surface area contributed by atoms with Gasteiger partial charge in [0.2, 0.25) is 0 Å². The second-order valence-corrected chi connectivity index (χ2v) is 12.1. The van der Waals surface area contributed by atoms with Crippen molar-refractivity contribution < 1.29 is 4.79 Å². The molecule has 11 heteroatoms. The van der Waals surface area contributed by atoms with Crippen LogP contribution >= 0.6 is 34.2 Å². The Morgan fingerprint density at radius 3 is 2.57 bits per heavy atom. The van der Waals surface area contributed by atoms with E-state index in [0.29, 0.717) is 24.7 Å². The monoisotopic (exact) mass is 547 g/mol. The minimum Gasteiger partial charge on any atom is -0.355 e. The zero-order valence-electron chi connectivity index (χ0n) is 20.1. The van der Waals surface area contributed by atoms with Gasteiger partial charge in [-0.15, -0.1) is 22.7 Å². The minimum absolute atomic E-state index is 0.0452. The molecule has 0 unspecified atom stereocenters. The highest BCUT2D eigenvalue weighted by molar-refractivity contribution is 7.17. The first-order valence-corrected chi connectivity index (χ1v) is 15.0. The number of carbonyl (C=O) groups is 1. The highest BCUT2D eigenvalue weighted by atomic mass is 32.1. The molecule has 5 aromatic rings. The number of hydrogen-bond donors (Lipinski definition) is 0. The third kappa shape index (κ3) is 4.24. The van der Waals surface area contributed by atoms with Crippen LogP contribution in [0.3, 0.4) is 0 Å². The summed E-state index contributed by atoms with van der Waals surface area (Å²) in [6.45, 7) is 4.82. The summed E-state index contributed by atoms with van der Waals surface area (Å²) < 4.78 is 7.04. The molecule has 0 atom stereocenters. The van der Waals surface area contributed by atoms with Crippen molar-refractivity contribution >= 4 is 72.1 Å². The Morgan fingerprint density at radius 2 is 1.70 bits per heavy atom. The molecule has 188 valence electrons. The van der Waals surface area contributed by atoms with Crippen LogP contribution in [0.4, 0.5) is 11.6 Å². The van der Waals surface area contributed by atoms with Crippen LogP contribution in [0.5, 0.6) is 0 Å². The van der Waals surface area contributed by atoms with Gasteiger partial charge < -0.3 is 14.7 Å². The van der Waals surface area contributed by atoms with Crippen molar-refractivity contribution in [3.63, 3.8) is 0 Å². The lowest BCUT2D eigenvalue weighted by molar-refractivity contribution is 0.0741. The van der Waals surface area contributed by atoms with Crippen LogP contribution in [0.2, 0.25) is 0 Å². The first kappa shape index (κ1) is 23.0. The summed E-state index contributed by atoms with van der Waals surface area (Å²) in [5.74, 6) is 2.51. The molecule has 8 nitrogen and oxygen atoms in total. The number of thiophene rings is 1. The Morgan fingerprint density at radius 1 is 0.892 bits per heavy atom. The minimum atomic E-state index is 0.0452. The highest BCUT2D eigenvalue weighted by Crippen LogP contribution is 2.35. The summed E-state index contributed by atoms with van der Waals surface area (Å²) in [4.78, 5) is 33.6. The molecule has 0 aliphatic carbocycles. The molecule has 0 bridgehead atoms. The van der Waals surface area contributed by atoms with E-state index in [2.05, 4.69) is 47.7 Å². The zero-order valence-corrected chi connectivity index (χ0v) is 22.6. The molecule has 0 N–H and O–H groups in total. The van der Waals surface area contributed by atoms with Gasteiger partial charge in [0.05, 0.1) is 19.9 Å². The molecule has 0 radical (unpaired) electrons. The molecule has 0 saturated carbocycles. The van der Waals surface area contributed by atoms with E-state index in [4.69, 9.17) is 4.98 Å². The van der Waals surface area contributed by atoms with Gasteiger partial charge in [-0.05, 0) is 48.0 Å². The fourth-order valence-electron chi connectivity index (χ4n) is 5.30. The molecule has 4 aromatic heterocycles. The number of anilines is 2. The Hall–Kier alpha value is -3.15. The van der Waals surface area contributed by atoms with Crippen molar-refractivity contribution in [1.82, 2.24) is 24.2 Å². The summed E-state index contributed by atoms with van der Waals surface area (Å²) in [6.07, 6.45) is 3.69. The fraction of sp³-hybridized carbons (Fsp3) is 0.346. The van der Waals surface area contributed by atoms with Gasteiger partial charge in [-0.25, -0.2) is 15.0 Å². The number of carbonyl (C=O) groups excluding carboxylic acids is 1. The number of fused-ring (bicyclic) bond motifs is 2. The Labute approximate surface area is 226 Å². The number of piperidine rings is 1. The van der Waals surface area contributed by atoms with Gasteiger partial charge in [0, 0.05) is 56.0 Å². The average molecular weight is 548 g/mol. The van der Waals surface area contributed by atoms with Gasteiger partial charge in [0.25, 0.3) is 5.91 Å². The van der Waals surface area contributed by atoms with Gasteiger partial charge in [-0.3, -0.25) is 4.79 Å². The predicted octanol–water partition coefficient (Wildman–Crippen LogP) is 5.10. The normalized spacial score (nSPS) is 17.2. The van der Waals surface area contributed by atoms with E-state index in [-0.39, 0.29) is 5.91 Å². The van der Waals surface area contributed by atoms with Crippen LogP contribution in [0.1, 0.15) is 34.3 Å². The van der Waals surface area contributed by atoms with E-state index in [1.165, 1.54) is 21.6 Å². The lowest BCUT2D eigenvalue weighted by Gasteiger charge is -2.34. The number of aromatic nitrogens is 4. The van der Waals surface area contributed by atoms with Crippen molar-refractivity contribution in [2.45, 2.75) is 18.8 Å². The number of piperazine rings is 1. The maximum absolute atomic E-state index is 13.3. The summed E-state index contributed by atoms with van der Waals surface area (Å²) in [6, 6.07) is 10.4. The van der Waals surface area contributed by atoms with Crippen LogP contribution in [0.15, 0.2) is 47.4 Å². The van der Waals surface area contributed by atoms with Gasteiger partial charge in [-0.2, -0.15) is 4.37 Å². The first-order valence-electron chi connectivity index (χ1n) is 12.5. The van der Waals surface area contributed by atoms with E-state index in [1.54, 1.807) is 29.0 Å². The summed E-state index contributed by atoms with van der Waals surface area (Å²) in [5.41, 5.74) is 1.60. The molecular formula is C26H25N7OS3. The number of amides is 1. The zero-order chi connectivity index (χ0) is 24.8. The molecule has 1 amide bonds. The number of thiazole rings is 1. The van der Waals surface area contributed by atoms with E-state index >= 15 is 0 Å². The molecule has 2 saturated heterocycles. The van der Waals surface area contributed by atoms with Gasteiger partial charge in [0.15, 0.2) is 0 Å². The fourth-order valence-corrected chi connectivity index (χ4v) is 7.92. The number of rotatable bonds is 4. The number of nitrogens with zero attached hydrogens (tertiary/aromatic N) is 7. The highest BCUT2D eigenvalue weighted by Gasteiger charge is 2.29. The second kappa shape index (κ2) is 9.62. The van der Waals surface area contributed by atoms with E-state index in [0.717, 1.165) is 65.9 Å². The smallest absolute Gasteiger partial charge is 0.273 e.